The fourth-order valence-electron chi connectivity index (χ4n) is 2.78. The number of carbonyl (C=O) groups excluding carboxylic acids is 2. The molecule has 0 atom stereocenters. The maximum absolute atomic E-state index is 12.3. The van der Waals surface area contributed by atoms with Crippen LogP contribution in [-0.4, -0.2) is 38.7 Å². The van der Waals surface area contributed by atoms with Crippen molar-refractivity contribution in [3.8, 4) is 5.75 Å². The highest BCUT2D eigenvalue weighted by Gasteiger charge is 2.29. The maximum atomic E-state index is 12.3. The fraction of sp³-hybridized carbons (Fsp3) is 0.364. The molecule has 0 spiro atoms. The molecule has 3 N–H and O–H groups in total. The smallest absolute Gasteiger partial charge is 0.243 e. The van der Waals surface area contributed by atoms with Gasteiger partial charge in [0.1, 0.15) is 12.4 Å². The van der Waals surface area contributed by atoms with Crippen LogP contribution in [0.1, 0.15) is 18.4 Å². The molecule has 154 valence electrons. The van der Waals surface area contributed by atoms with Crippen molar-refractivity contribution in [2.75, 3.05) is 42.8 Å². The van der Waals surface area contributed by atoms with Gasteiger partial charge in [-0.3, -0.25) is 9.59 Å². The quantitative estimate of drug-likeness (QED) is 0.535. The zero-order valence-electron chi connectivity index (χ0n) is 16.8. The molecule has 2 aromatic carbocycles. The lowest BCUT2D eigenvalue weighted by Crippen LogP contribution is -2.22. The Labute approximate surface area is 170 Å². The third-order valence-electron chi connectivity index (χ3n) is 4.68. The van der Waals surface area contributed by atoms with Crippen molar-refractivity contribution < 1.29 is 19.1 Å². The monoisotopic (exact) mass is 397 g/mol. The summed E-state index contributed by atoms with van der Waals surface area (Å²) in [4.78, 5) is 24.3. The first kappa shape index (κ1) is 20.7. The SMILES string of the molecule is COCCOc1ccc(NCC(=O)Nc2cccc(NC(=O)C3CC3)c2C)cc1. The van der Waals surface area contributed by atoms with E-state index in [0.29, 0.717) is 18.9 Å². The maximum Gasteiger partial charge on any atom is 0.243 e. The van der Waals surface area contributed by atoms with Gasteiger partial charge in [0.25, 0.3) is 0 Å². The van der Waals surface area contributed by atoms with E-state index in [4.69, 9.17) is 9.47 Å². The van der Waals surface area contributed by atoms with Crippen molar-refractivity contribution >= 4 is 28.9 Å². The number of methoxy groups -OCH3 is 1. The summed E-state index contributed by atoms with van der Waals surface area (Å²) in [6.07, 6.45) is 1.90. The molecule has 0 saturated heterocycles. The lowest BCUT2D eigenvalue weighted by Gasteiger charge is -2.14. The van der Waals surface area contributed by atoms with Crippen LogP contribution in [0.15, 0.2) is 42.5 Å². The van der Waals surface area contributed by atoms with E-state index in [-0.39, 0.29) is 24.3 Å². The number of ether oxygens (including phenoxy) is 2. The molecule has 1 aliphatic carbocycles. The molecule has 0 aromatic heterocycles. The minimum absolute atomic E-state index is 0.0490. The number of nitrogens with one attached hydrogen (secondary N) is 3. The highest BCUT2D eigenvalue weighted by Crippen LogP contribution is 2.31. The van der Waals surface area contributed by atoms with E-state index in [2.05, 4.69) is 16.0 Å². The molecule has 7 nitrogen and oxygen atoms in total. The summed E-state index contributed by atoms with van der Waals surface area (Å²) >= 11 is 0. The minimum atomic E-state index is -0.167. The second-order valence-corrected chi connectivity index (χ2v) is 7.01. The van der Waals surface area contributed by atoms with Gasteiger partial charge in [0.15, 0.2) is 0 Å². The fourth-order valence-corrected chi connectivity index (χ4v) is 2.78. The molecule has 1 aliphatic rings. The Hall–Kier alpha value is -3.06. The molecule has 2 aromatic rings. The zero-order valence-corrected chi connectivity index (χ0v) is 16.8. The van der Waals surface area contributed by atoms with Gasteiger partial charge in [-0.25, -0.2) is 0 Å². The van der Waals surface area contributed by atoms with E-state index in [0.717, 1.165) is 35.5 Å². The van der Waals surface area contributed by atoms with Gasteiger partial charge in [-0.05, 0) is 61.7 Å². The molecule has 29 heavy (non-hydrogen) atoms. The first-order valence-corrected chi connectivity index (χ1v) is 9.73. The minimum Gasteiger partial charge on any atom is -0.491 e. The van der Waals surface area contributed by atoms with Crippen LogP contribution in [0.5, 0.6) is 5.75 Å². The molecule has 0 bridgehead atoms. The summed E-state index contributed by atoms with van der Waals surface area (Å²) in [7, 11) is 1.63. The second kappa shape index (κ2) is 9.93. The molecule has 1 saturated carbocycles. The molecule has 0 unspecified atom stereocenters. The average Bonchev–Trinajstić information content (AvgIpc) is 3.56. The van der Waals surface area contributed by atoms with Crippen LogP contribution in [0.4, 0.5) is 17.1 Å². The summed E-state index contributed by atoms with van der Waals surface area (Å²) in [5, 5.41) is 8.92. The van der Waals surface area contributed by atoms with Crippen LogP contribution in [0.2, 0.25) is 0 Å². The zero-order chi connectivity index (χ0) is 20.6. The van der Waals surface area contributed by atoms with Crippen molar-refractivity contribution in [3.05, 3.63) is 48.0 Å². The van der Waals surface area contributed by atoms with Crippen molar-refractivity contribution in [2.24, 2.45) is 5.92 Å². The molecule has 3 rings (SSSR count). The average molecular weight is 397 g/mol. The molecule has 1 fully saturated rings. The molecule has 7 heteroatoms. The second-order valence-electron chi connectivity index (χ2n) is 7.01. The van der Waals surface area contributed by atoms with E-state index in [1.54, 1.807) is 7.11 Å². The van der Waals surface area contributed by atoms with Gasteiger partial charge in [-0.1, -0.05) is 6.07 Å². The van der Waals surface area contributed by atoms with Crippen LogP contribution in [0.25, 0.3) is 0 Å². The number of carbonyl (C=O) groups is 2. The Morgan fingerprint density at radius 3 is 2.34 bits per heavy atom. The lowest BCUT2D eigenvalue weighted by atomic mass is 10.1. The van der Waals surface area contributed by atoms with Crippen molar-refractivity contribution in [1.29, 1.82) is 0 Å². The van der Waals surface area contributed by atoms with Crippen molar-refractivity contribution in [1.82, 2.24) is 0 Å². The van der Waals surface area contributed by atoms with Gasteiger partial charge in [-0.2, -0.15) is 0 Å². The van der Waals surface area contributed by atoms with Crippen LogP contribution in [-0.2, 0) is 14.3 Å². The van der Waals surface area contributed by atoms with Crippen LogP contribution < -0.4 is 20.7 Å². The van der Waals surface area contributed by atoms with Gasteiger partial charge < -0.3 is 25.4 Å². The van der Waals surface area contributed by atoms with Crippen LogP contribution in [0.3, 0.4) is 0 Å². The molecular formula is C22H27N3O4. The van der Waals surface area contributed by atoms with Gasteiger partial charge in [0.05, 0.1) is 13.2 Å². The Morgan fingerprint density at radius 1 is 1.00 bits per heavy atom. The van der Waals surface area contributed by atoms with E-state index in [1.807, 2.05) is 49.4 Å². The molecular weight excluding hydrogens is 370 g/mol. The number of amides is 2. The summed E-state index contributed by atoms with van der Waals surface area (Å²) < 4.78 is 10.5. The summed E-state index contributed by atoms with van der Waals surface area (Å²) in [6, 6.07) is 12.9. The third-order valence-corrected chi connectivity index (χ3v) is 4.68. The number of hydrogen-bond donors (Lipinski definition) is 3. The van der Waals surface area contributed by atoms with E-state index >= 15 is 0 Å². The van der Waals surface area contributed by atoms with E-state index in [1.165, 1.54) is 0 Å². The standard InChI is InChI=1S/C22H27N3O4/c1-15-19(4-3-5-20(15)25-22(27)16-6-7-16)24-21(26)14-23-17-8-10-18(11-9-17)29-13-12-28-2/h3-5,8-11,16,23H,6-7,12-14H2,1-2H3,(H,24,26)(H,25,27). The van der Waals surface area contributed by atoms with Crippen molar-refractivity contribution in [3.63, 3.8) is 0 Å². The van der Waals surface area contributed by atoms with Gasteiger partial charge in [0, 0.05) is 30.1 Å². The normalized spacial score (nSPS) is 12.9. The summed E-state index contributed by atoms with van der Waals surface area (Å²) in [6.45, 7) is 3.03. The van der Waals surface area contributed by atoms with Gasteiger partial charge >= 0.3 is 0 Å². The van der Waals surface area contributed by atoms with E-state index in [9.17, 15) is 9.59 Å². The van der Waals surface area contributed by atoms with Crippen LogP contribution >= 0.6 is 0 Å². The highest BCUT2D eigenvalue weighted by molar-refractivity contribution is 5.98. The highest BCUT2D eigenvalue weighted by atomic mass is 16.5. The Kier molecular flexibility index (Phi) is 7.08. The first-order valence-electron chi connectivity index (χ1n) is 9.73. The Balaban J connectivity index is 1.49. The van der Waals surface area contributed by atoms with E-state index < -0.39 is 0 Å². The topological polar surface area (TPSA) is 88.7 Å². The summed E-state index contributed by atoms with van der Waals surface area (Å²) in [5.74, 6) is 0.762. The number of benzene rings is 2. The Morgan fingerprint density at radius 2 is 1.69 bits per heavy atom. The Bertz CT molecular complexity index is 848. The first-order chi connectivity index (χ1) is 14.1. The molecule has 2 amide bonds. The number of anilines is 3. The lowest BCUT2D eigenvalue weighted by molar-refractivity contribution is -0.117. The molecule has 0 radical (unpaired) electrons. The van der Waals surface area contributed by atoms with Gasteiger partial charge in [0.2, 0.25) is 11.8 Å². The predicted octanol–water partition coefficient (Wildman–Crippen LogP) is 3.42. The summed E-state index contributed by atoms with van der Waals surface area (Å²) in [5.41, 5.74) is 3.08. The largest absolute Gasteiger partial charge is 0.491 e. The number of hydrogen-bond acceptors (Lipinski definition) is 5. The van der Waals surface area contributed by atoms with Gasteiger partial charge in [-0.15, -0.1) is 0 Å². The third kappa shape index (κ3) is 6.22. The number of rotatable bonds is 10. The molecule has 0 heterocycles. The molecule has 0 aliphatic heterocycles. The van der Waals surface area contributed by atoms with Crippen LogP contribution in [0, 0.1) is 12.8 Å². The van der Waals surface area contributed by atoms with Crippen molar-refractivity contribution in [2.45, 2.75) is 19.8 Å². The predicted molar refractivity (Wildman–Crippen MR) is 113 cm³/mol.